The highest BCUT2D eigenvalue weighted by Crippen LogP contribution is 2.35. The van der Waals surface area contributed by atoms with E-state index in [1.165, 1.54) is 54.3 Å². The predicted molar refractivity (Wildman–Crippen MR) is 90.6 cm³/mol. The van der Waals surface area contributed by atoms with Gasteiger partial charge in [-0.05, 0) is 36.8 Å². The number of benzene rings is 1. The molecule has 1 aliphatic carbocycles. The van der Waals surface area contributed by atoms with Gasteiger partial charge in [0.2, 0.25) is 0 Å². The van der Waals surface area contributed by atoms with E-state index in [0.717, 1.165) is 13.1 Å². The van der Waals surface area contributed by atoms with Crippen LogP contribution in [-0.2, 0) is 13.6 Å². The summed E-state index contributed by atoms with van der Waals surface area (Å²) in [6, 6.07) is 8.71. The van der Waals surface area contributed by atoms with Crippen LogP contribution in [0, 0.1) is 12.3 Å². The van der Waals surface area contributed by atoms with Crippen LogP contribution in [0.25, 0.3) is 10.9 Å². The van der Waals surface area contributed by atoms with Crippen LogP contribution in [0.5, 0.6) is 0 Å². The van der Waals surface area contributed by atoms with Crippen molar-refractivity contribution in [2.45, 2.75) is 52.5 Å². The van der Waals surface area contributed by atoms with Crippen LogP contribution >= 0.6 is 0 Å². The Labute approximate surface area is 128 Å². The number of aryl methyl sites for hydroxylation is 2. The smallest absolute Gasteiger partial charge is 0.0483 e. The molecule has 0 unspecified atom stereocenters. The van der Waals surface area contributed by atoms with Crippen LogP contribution in [0.2, 0.25) is 0 Å². The molecular weight excluding hydrogens is 256 g/mol. The molecule has 1 aromatic heterocycles. The van der Waals surface area contributed by atoms with Gasteiger partial charge in [0.15, 0.2) is 0 Å². The van der Waals surface area contributed by atoms with E-state index in [2.05, 4.69) is 55.0 Å². The third kappa shape index (κ3) is 2.87. The topological polar surface area (TPSA) is 17.0 Å². The molecule has 1 saturated carbocycles. The second-order valence-corrected chi connectivity index (χ2v) is 7.12. The van der Waals surface area contributed by atoms with E-state index in [0.29, 0.717) is 5.41 Å². The lowest BCUT2D eigenvalue weighted by atomic mass is 9.76. The highest BCUT2D eigenvalue weighted by molar-refractivity contribution is 5.85. The normalized spacial score (nSPS) is 18.2. The summed E-state index contributed by atoms with van der Waals surface area (Å²) in [5, 5.41) is 5.12. The summed E-state index contributed by atoms with van der Waals surface area (Å²) < 4.78 is 2.35. The summed E-state index contributed by atoms with van der Waals surface area (Å²) >= 11 is 0. The highest BCUT2D eigenvalue weighted by Gasteiger charge is 2.26. The van der Waals surface area contributed by atoms with Gasteiger partial charge >= 0.3 is 0 Å². The molecule has 0 aliphatic heterocycles. The summed E-state index contributed by atoms with van der Waals surface area (Å²) in [6.45, 7) is 6.83. The minimum Gasteiger partial charge on any atom is -0.346 e. The Balaban J connectivity index is 1.71. The summed E-state index contributed by atoms with van der Waals surface area (Å²) in [6.07, 6.45) is 7.01. The second-order valence-electron chi connectivity index (χ2n) is 7.12. The average Bonchev–Trinajstić information content (AvgIpc) is 2.73. The van der Waals surface area contributed by atoms with E-state index in [-0.39, 0.29) is 0 Å². The third-order valence-corrected chi connectivity index (χ3v) is 5.41. The number of aromatic nitrogens is 1. The molecule has 1 heterocycles. The molecule has 0 radical (unpaired) electrons. The van der Waals surface area contributed by atoms with Gasteiger partial charge in [-0.25, -0.2) is 0 Å². The standard InChI is InChI=1S/C19H28N2/c1-15-16-9-5-6-10-17(16)21(3)18(15)13-20-14-19(2)11-7-4-8-12-19/h5-6,9-10,20H,4,7-8,11-14H2,1-3H3. The van der Waals surface area contributed by atoms with E-state index < -0.39 is 0 Å². The molecule has 0 saturated heterocycles. The fourth-order valence-corrected chi connectivity index (χ4v) is 3.95. The Morgan fingerprint density at radius 1 is 1.14 bits per heavy atom. The Morgan fingerprint density at radius 3 is 2.57 bits per heavy atom. The average molecular weight is 284 g/mol. The van der Waals surface area contributed by atoms with Crippen LogP contribution in [0.3, 0.4) is 0 Å². The summed E-state index contributed by atoms with van der Waals surface area (Å²) in [4.78, 5) is 0. The van der Waals surface area contributed by atoms with Crippen molar-refractivity contribution in [1.29, 1.82) is 0 Å². The van der Waals surface area contributed by atoms with Gasteiger partial charge in [-0.1, -0.05) is 44.4 Å². The van der Waals surface area contributed by atoms with Crippen LogP contribution < -0.4 is 5.32 Å². The van der Waals surface area contributed by atoms with Crippen molar-refractivity contribution < 1.29 is 0 Å². The van der Waals surface area contributed by atoms with Gasteiger partial charge in [0.05, 0.1) is 0 Å². The van der Waals surface area contributed by atoms with Crippen molar-refractivity contribution in [1.82, 2.24) is 9.88 Å². The molecular formula is C19H28N2. The number of nitrogens with one attached hydrogen (secondary N) is 1. The fraction of sp³-hybridized carbons (Fsp3) is 0.579. The first kappa shape index (κ1) is 14.6. The first-order valence-corrected chi connectivity index (χ1v) is 8.34. The molecule has 0 bridgehead atoms. The van der Waals surface area contributed by atoms with Crippen molar-refractivity contribution >= 4 is 10.9 Å². The number of fused-ring (bicyclic) bond motifs is 1. The van der Waals surface area contributed by atoms with Crippen LogP contribution in [-0.4, -0.2) is 11.1 Å². The first-order chi connectivity index (χ1) is 10.1. The van der Waals surface area contributed by atoms with Crippen molar-refractivity contribution in [3.8, 4) is 0 Å². The molecule has 2 nitrogen and oxygen atoms in total. The number of para-hydroxylation sites is 1. The Morgan fingerprint density at radius 2 is 1.86 bits per heavy atom. The maximum Gasteiger partial charge on any atom is 0.0483 e. The van der Waals surface area contributed by atoms with Crippen molar-refractivity contribution in [2.24, 2.45) is 12.5 Å². The van der Waals surface area contributed by atoms with Gasteiger partial charge in [0.25, 0.3) is 0 Å². The number of rotatable bonds is 4. The van der Waals surface area contributed by atoms with E-state index in [4.69, 9.17) is 0 Å². The Bertz CT molecular complexity index is 579. The number of hydrogen-bond donors (Lipinski definition) is 1. The zero-order valence-corrected chi connectivity index (χ0v) is 13.7. The van der Waals surface area contributed by atoms with Gasteiger partial charge in [-0.3, -0.25) is 0 Å². The molecule has 3 rings (SSSR count). The van der Waals surface area contributed by atoms with Crippen LogP contribution in [0.4, 0.5) is 0 Å². The summed E-state index contributed by atoms with van der Waals surface area (Å²) in [5.41, 5.74) is 4.71. The lowest BCUT2D eigenvalue weighted by Gasteiger charge is -2.33. The lowest BCUT2D eigenvalue weighted by Crippen LogP contribution is -2.33. The zero-order valence-electron chi connectivity index (χ0n) is 13.7. The molecule has 0 spiro atoms. The minimum absolute atomic E-state index is 0.511. The van der Waals surface area contributed by atoms with Crippen molar-refractivity contribution in [2.75, 3.05) is 6.54 Å². The molecule has 1 aromatic carbocycles. The number of nitrogens with zero attached hydrogens (tertiary/aromatic N) is 1. The molecule has 1 aliphatic rings. The quantitative estimate of drug-likeness (QED) is 0.871. The first-order valence-electron chi connectivity index (χ1n) is 8.34. The molecule has 2 heteroatoms. The van der Waals surface area contributed by atoms with Gasteiger partial charge in [0, 0.05) is 36.7 Å². The van der Waals surface area contributed by atoms with Crippen LogP contribution in [0.15, 0.2) is 24.3 Å². The summed E-state index contributed by atoms with van der Waals surface area (Å²) in [5.74, 6) is 0. The number of hydrogen-bond acceptors (Lipinski definition) is 1. The Kier molecular flexibility index (Phi) is 4.08. The van der Waals surface area contributed by atoms with Crippen LogP contribution in [0.1, 0.15) is 50.3 Å². The minimum atomic E-state index is 0.511. The maximum absolute atomic E-state index is 3.73. The Hall–Kier alpha value is -1.28. The van der Waals surface area contributed by atoms with Crippen molar-refractivity contribution in [3.05, 3.63) is 35.5 Å². The van der Waals surface area contributed by atoms with Gasteiger partial charge in [-0.15, -0.1) is 0 Å². The third-order valence-electron chi connectivity index (χ3n) is 5.41. The molecule has 0 atom stereocenters. The molecule has 1 N–H and O–H groups in total. The van der Waals surface area contributed by atoms with E-state index >= 15 is 0 Å². The fourth-order valence-electron chi connectivity index (χ4n) is 3.95. The molecule has 1 fully saturated rings. The van der Waals surface area contributed by atoms with Crippen molar-refractivity contribution in [3.63, 3.8) is 0 Å². The molecule has 2 aromatic rings. The lowest BCUT2D eigenvalue weighted by molar-refractivity contribution is 0.207. The second kappa shape index (κ2) is 5.84. The van der Waals surface area contributed by atoms with E-state index in [9.17, 15) is 0 Å². The SMILES string of the molecule is Cc1c(CNCC2(C)CCCCC2)n(C)c2ccccc12. The highest BCUT2D eigenvalue weighted by atomic mass is 15.0. The molecule has 114 valence electrons. The summed E-state index contributed by atoms with van der Waals surface area (Å²) in [7, 11) is 2.19. The van der Waals surface area contributed by atoms with E-state index in [1.54, 1.807) is 0 Å². The van der Waals surface area contributed by atoms with Gasteiger partial charge in [0.1, 0.15) is 0 Å². The monoisotopic (exact) mass is 284 g/mol. The maximum atomic E-state index is 3.73. The molecule has 0 amide bonds. The molecule has 21 heavy (non-hydrogen) atoms. The van der Waals surface area contributed by atoms with E-state index in [1.807, 2.05) is 0 Å². The predicted octanol–water partition coefficient (Wildman–Crippen LogP) is 4.55. The zero-order chi connectivity index (χ0) is 14.9. The van der Waals surface area contributed by atoms with Gasteiger partial charge < -0.3 is 9.88 Å². The largest absolute Gasteiger partial charge is 0.346 e. The van der Waals surface area contributed by atoms with Gasteiger partial charge in [-0.2, -0.15) is 0 Å².